The Morgan fingerprint density at radius 3 is 2.60 bits per heavy atom. The maximum absolute atomic E-state index is 10.7. The van der Waals surface area contributed by atoms with Crippen molar-refractivity contribution in [2.75, 3.05) is 0 Å². The van der Waals surface area contributed by atoms with Crippen LogP contribution in [0.3, 0.4) is 0 Å². The van der Waals surface area contributed by atoms with Gasteiger partial charge in [0, 0.05) is 5.56 Å². The van der Waals surface area contributed by atoms with Crippen LogP contribution in [0.4, 0.5) is 0 Å². The summed E-state index contributed by atoms with van der Waals surface area (Å²) in [6.07, 6.45) is 0.890. The van der Waals surface area contributed by atoms with Crippen molar-refractivity contribution < 1.29 is 4.79 Å². The molecule has 0 bridgehead atoms. The highest BCUT2D eigenvalue weighted by atomic mass is 16.1. The molecule has 0 saturated carbocycles. The van der Waals surface area contributed by atoms with Crippen LogP contribution in [0.15, 0.2) is 36.4 Å². The van der Waals surface area contributed by atoms with Gasteiger partial charge < -0.3 is 0 Å². The highest BCUT2D eigenvalue weighted by Gasteiger charge is 2.04. The largest absolute Gasteiger partial charge is 0.298 e. The average molecular weight is 198 g/mol. The number of rotatable bonds is 2. The first-order chi connectivity index (χ1) is 7.22. The van der Waals surface area contributed by atoms with E-state index in [0.29, 0.717) is 5.92 Å². The maximum atomic E-state index is 10.7. The third-order valence-electron chi connectivity index (χ3n) is 2.70. The Bertz CT molecular complexity index is 498. The first-order valence-electron chi connectivity index (χ1n) is 5.20. The topological polar surface area (TPSA) is 17.1 Å². The van der Waals surface area contributed by atoms with E-state index in [0.717, 1.165) is 17.2 Å². The Balaban J connectivity index is 2.72. The Labute approximate surface area is 89.7 Å². The molecule has 0 amide bonds. The van der Waals surface area contributed by atoms with Crippen LogP contribution in [-0.2, 0) is 0 Å². The van der Waals surface area contributed by atoms with Crippen molar-refractivity contribution in [2.24, 2.45) is 0 Å². The summed E-state index contributed by atoms with van der Waals surface area (Å²) in [6.45, 7) is 4.37. The minimum atomic E-state index is 0.510. The molecule has 0 spiro atoms. The zero-order valence-electron chi connectivity index (χ0n) is 9.03. The fourth-order valence-corrected chi connectivity index (χ4v) is 1.90. The van der Waals surface area contributed by atoms with Gasteiger partial charge in [-0.25, -0.2) is 0 Å². The molecule has 0 aliphatic heterocycles. The summed E-state index contributed by atoms with van der Waals surface area (Å²) in [7, 11) is 0. The SMILES string of the molecule is CC(C)c1cccc2cc(C=O)ccc12. The molecule has 0 atom stereocenters. The van der Waals surface area contributed by atoms with E-state index < -0.39 is 0 Å². The summed E-state index contributed by atoms with van der Waals surface area (Å²) in [4.78, 5) is 10.7. The molecule has 0 unspecified atom stereocenters. The molecule has 0 heterocycles. The lowest BCUT2D eigenvalue weighted by Gasteiger charge is -2.09. The van der Waals surface area contributed by atoms with E-state index in [4.69, 9.17) is 0 Å². The molecular weight excluding hydrogens is 184 g/mol. The summed E-state index contributed by atoms with van der Waals surface area (Å²) < 4.78 is 0. The van der Waals surface area contributed by atoms with Crippen LogP contribution in [0.25, 0.3) is 10.8 Å². The zero-order valence-corrected chi connectivity index (χ0v) is 9.03. The van der Waals surface area contributed by atoms with Gasteiger partial charge in [-0.15, -0.1) is 0 Å². The van der Waals surface area contributed by atoms with E-state index in [1.54, 1.807) is 0 Å². The van der Waals surface area contributed by atoms with Crippen LogP contribution in [-0.4, -0.2) is 6.29 Å². The Kier molecular flexibility index (Phi) is 2.55. The summed E-state index contributed by atoms with van der Waals surface area (Å²) in [5.41, 5.74) is 2.08. The van der Waals surface area contributed by atoms with Gasteiger partial charge in [0.1, 0.15) is 6.29 Å². The standard InChI is InChI=1S/C14H14O/c1-10(2)13-5-3-4-12-8-11(9-15)6-7-14(12)13/h3-10H,1-2H3. The van der Waals surface area contributed by atoms with Gasteiger partial charge >= 0.3 is 0 Å². The lowest BCUT2D eigenvalue weighted by Crippen LogP contribution is -1.90. The molecule has 2 rings (SSSR count). The van der Waals surface area contributed by atoms with E-state index >= 15 is 0 Å². The van der Waals surface area contributed by atoms with Crippen molar-refractivity contribution in [1.82, 2.24) is 0 Å². The Morgan fingerprint density at radius 2 is 1.93 bits per heavy atom. The second-order valence-corrected chi connectivity index (χ2v) is 4.10. The van der Waals surface area contributed by atoms with Crippen LogP contribution in [0.2, 0.25) is 0 Å². The Hall–Kier alpha value is -1.63. The maximum Gasteiger partial charge on any atom is 0.150 e. The van der Waals surface area contributed by atoms with E-state index in [9.17, 15) is 4.79 Å². The van der Waals surface area contributed by atoms with E-state index in [1.165, 1.54) is 10.9 Å². The number of carbonyl (C=O) groups is 1. The van der Waals surface area contributed by atoms with Gasteiger partial charge in [-0.1, -0.05) is 44.2 Å². The van der Waals surface area contributed by atoms with E-state index in [1.807, 2.05) is 30.3 Å². The van der Waals surface area contributed by atoms with Crippen LogP contribution in [0.5, 0.6) is 0 Å². The minimum Gasteiger partial charge on any atom is -0.298 e. The normalized spacial score (nSPS) is 10.9. The minimum absolute atomic E-state index is 0.510. The summed E-state index contributed by atoms with van der Waals surface area (Å²) in [6, 6.07) is 12.1. The predicted octanol–water partition coefficient (Wildman–Crippen LogP) is 3.78. The monoisotopic (exact) mass is 198 g/mol. The molecule has 0 radical (unpaired) electrons. The predicted molar refractivity (Wildman–Crippen MR) is 63.4 cm³/mol. The van der Waals surface area contributed by atoms with Gasteiger partial charge in [0.05, 0.1) is 0 Å². The molecule has 1 heteroatoms. The molecule has 0 fully saturated rings. The van der Waals surface area contributed by atoms with Crippen molar-refractivity contribution in [3.05, 3.63) is 47.5 Å². The van der Waals surface area contributed by atoms with Crippen molar-refractivity contribution in [3.63, 3.8) is 0 Å². The van der Waals surface area contributed by atoms with Gasteiger partial charge in [-0.05, 0) is 28.3 Å². The molecule has 1 nitrogen and oxygen atoms in total. The second kappa shape index (κ2) is 3.85. The molecule has 2 aromatic rings. The molecule has 0 aromatic heterocycles. The molecule has 0 N–H and O–H groups in total. The molecule has 2 aromatic carbocycles. The van der Waals surface area contributed by atoms with E-state index in [-0.39, 0.29) is 0 Å². The fourth-order valence-electron chi connectivity index (χ4n) is 1.90. The number of hydrogen-bond donors (Lipinski definition) is 0. The third-order valence-corrected chi connectivity index (χ3v) is 2.70. The zero-order chi connectivity index (χ0) is 10.8. The van der Waals surface area contributed by atoms with Crippen molar-refractivity contribution in [1.29, 1.82) is 0 Å². The Morgan fingerprint density at radius 1 is 1.13 bits per heavy atom. The smallest absolute Gasteiger partial charge is 0.150 e. The quantitative estimate of drug-likeness (QED) is 0.671. The molecule has 0 aliphatic rings. The second-order valence-electron chi connectivity index (χ2n) is 4.10. The van der Waals surface area contributed by atoms with Crippen LogP contribution in [0, 0.1) is 0 Å². The van der Waals surface area contributed by atoms with Crippen LogP contribution >= 0.6 is 0 Å². The summed E-state index contributed by atoms with van der Waals surface area (Å²) in [5, 5.41) is 2.39. The summed E-state index contributed by atoms with van der Waals surface area (Å²) in [5.74, 6) is 0.510. The first kappa shape index (κ1) is 9.91. The number of aldehydes is 1. The highest BCUT2D eigenvalue weighted by Crippen LogP contribution is 2.25. The van der Waals surface area contributed by atoms with Crippen molar-refractivity contribution in [2.45, 2.75) is 19.8 Å². The van der Waals surface area contributed by atoms with Crippen molar-refractivity contribution >= 4 is 17.1 Å². The lowest BCUT2D eigenvalue weighted by atomic mass is 9.95. The van der Waals surface area contributed by atoms with Crippen LogP contribution < -0.4 is 0 Å². The van der Waals surface area contributed by atoms with Crippen molar-refractivity contribution in [3.8, 4) is 0 Å². The van der Waals surface area contributed by atoms with Gasteiger partial charge in [0.15, 0.2) is 0 Å². The number of benzene rings is 2. The van der Waals surface area contributed by atoms with Gasteiger partial charge in [0.2, 0.25) is 0 Å². The van der Waals surface area contributed by atoms with Gasteiger partial charge in [-0.3, -0.25) is 4.79 Å². The van der Waals surface area contributed by atoms with Gasteiger partial charge in [-0.2, -0.15) is 0 Å². The first-order valence-corrected chi connectivity index (χ1v) is 5.20. The number of fused-ring (bicyclic) bond motifs is 1. The molecule has 0 aliphatic carbocycles. The third kappa shape index (κ3) is 1.78. The average Bonchev–Trinajstić information content (AvgIpc) is 2.27. The van der Waals surface area contributed by atoms with Crippen LogP contribution in [0.1, 0.15) is 35.7 Å². The molecule has 15 heavy (non-hydrogen) atoms. The number of carbonyl (C=O) groups excluding carboxylic acids is 1. The molecular formula is C14H14O. The summed E-state index contributed by atoms with van der Waals surface area (Å²) >= 11 is 0. The highest BCUT2D eigenvalue weighted by molar-refractivity contribution is 5.91. The lowest BCUT2D eigenvalue weighted by molar-refractivity contribution is 0.112. The fraction of sp³-hybridized carbons (Fsp3) is 0.214. The van der Waals surface area contributed by atoms with Gasteiger partial charge in [0.25, 0.3) is 0 Å². The number of hydrogen-bond acceptors (Lipinski definition) is 1. The molecule has 76 valence electrons. The van der Waals surface area contributed by atoms with E-state index in [2.05, 4.69) is 19.9 Å². The molecule has 0 saturated heterocycles.